The summed E-state index contributed by atoms with van der Waals surface area (Å²) in [5.41, 5.74) is 2.15. The Balaban J connectivity index is 1.71. The van der Waals surface area contributed by atoms with Crippen LogP contribution in [0.15, 0.2) is 35.0 Å². The second-order valence-corrected chi connectivity index (χ2v) is 5.77. The molecule has 1 unspecified atom stereocenters. The molecule has 0 bridgehead atoms. The average molecular weight is 300 g/mol. The minimum Gasteiger partial charge on any atom is -0.334 e. The molecule has 3 rings (SSSR count). The lowest BCUT2D eigenvalue weighted by molar-refractivity contribution is 0.0537. The van der Waals surface area contributed by atoms with Crippen molar-refractivity contribution >= 4 is 5.91 Å². The normalized spacial score (nSPS) is 19.4. The SMILES string of the molecule is Cc1nonc1C(=O)N1CCN(C)C(Cc2ccccc2)C1. The van der Waals surface area contributed by atoms with Gasteiger partial charge in [0.2, 0.25) is 0 Å². The molecule has 1 aromatic carbocycles. The topological polar surface area (TPSA) is 62.5 Å². The van der Waals surface area contributed by atoms with Crippen LogP contribution in [0.2, 0.25) is 0 Å². The smallest absolute Gasteiger partial charge is 0.278 e. The van der Waals surface area contributed by atoms with Crippen LogP contribution in [0.25, 0.3) is 0 Å². The first-order valence-electron chi connectivity index (χ1n) is 7.47. The Bertz CT molecular complexity index is 641. The van der Waals surface area contributed by atoms with Crippen LogP contribution in [0.5, 0.6) is 0 Å². The van der Waals surface area contributed by atoms with Crippen molar-refractivity contribution < 1.29 is 9.42 Å². The number of carbonyl (C=O) groups is 1. The first kappa shape index (κ1) is 14.7. The van der Waals surface area contributed by atoms with E-state index < -0.39 is 0 Å². The molecule has 1 saturated heterocycles. The molecule has 2 aromatic rings. The number of hydrogen-bond donors (Lipinski definition) is 0. The molecule has 1 atom stereocenters. The quantitative estimate of drug-likeness (QED) is 0.857. The summed E-state index contributed by atoms with van der Waals surface area (Å²) in [7, 11) is 2.11. The van der Waals surface area contributed by atoms with E-state index in [4.69, 9.17) is 0 Å². The fourth-order valence-electron chi connectivity index (χ4n) is 2.81. The van der Waals surface area contributed by atoms with Crippen molar-refractivity contribution in [3.63, 3.8) is 0 Å². The summed E-state index contributed by atoms with van der Waals surface area (Å²) in [5.74, 6) is -0.0927. The van der Waals surface area contributed by atoms with Gasteiger partial charge in [-0.25, -0.2) is 4.63 Å². The Hall–Kier alpha value is -2.21. The molecule has 0 radical (unpaired) electrons. The van der Waals surface area contributed by atoms with E-state index in [1.165, 1.54) is 5.56 Å². The molecule has 22 heavy (non-hydrogen) atoms. The van der Waals surface area contributed by atoms with Gasteiger partial charge in [0.05, 0.1) is 0 Å². The van der Waals surface area contributed by atoms with Gasteiger partial charge in [0, 0.05) is 25.7 Å². The highest BCUT2D eigenvalue weighted by Gasteiger charge is 2.30. The van der Waals surface area contributed by atoms with Gasteiger partial charge in [-0.2, -0.15) is 0 Å². The first-order chi connectivity index (χ1) is 10.6. The van der Waals surface area contributed by atoms with Gasteiger partial charge in [0.1, 0.15) is 5.69 Å². The maximum Gasteiger partial charge on any atom is 0.278 e. The maximum absolute atomic E-state index is 12.5. The fraction of sp³-hybridized carbons (Fsp3) is 0.438. The molecule has 1 aliphatic heterocycles. The van der Waals surface area contributed by atoms with E-state index in [0.29, 0.717) is 30.5 Å². The second kappa shape index (κ2) is 6.27. The van der Waals surface area contributed by atoms with Gasteiger partial charge >= 0.3 is 0 Å². The van der Waals surface area contributed by atoms with Crippen LogP contribution in [0, 0.1) is 6.92 Å². The second-order valence-electron chi connectivity index (χ2n) is 5.77. The van der Waals surface area contributed by atoms with E-state index in [9.17, 15) is 4.79 Å². The Labute approximate surface area is 129 Å². The van der Waals surface area contributed by atoms with Gasteiger partial charge < -0.3 is 4.90 Å². The van der Waals surface area contributed by atoms with Crippen molar-refractivity contribution in [2.45, 2.75) is 19.4 Å². The highest BCUT2D eigenvalue weighted by molar-refractivity contribution is 5.93. The van der Waals surface area contributed by atoms with Crippen molar-refractivity contribution in [2.24, 2.45) is 0 Å². The number of aryl methyl sites for hydroxylation is 1. The summed E-state index contributed by atoms with van der Waals surface area (Å²) in [5, 5.41) is 7.42. The molecule has 1 aliphatic rings. The van der Waals surface area contributed by atoms with E-state index in [0.717, 1.165) is 13.0 Å². The highest BCUT2D eigenvalue weighted by Crippen LogP contribution is 2.16. The zero-order valence-electron chi connectivity index (χ0n) is 12.9. The fourth-order valence-corrected chi connectivity index (χ4v) is 2.81. The van der Waals surface area contributed by atoms with Crippen molar-refractivity contribution in [2.75, 3.05) is 26.7 Å². The molecule has 6 nitrogen and oxygen atoms in total. The van der Waals surface area contributed by atoms with Crippen LogP contribution in [0.4, 0.5) is 0 Å². The average Bonchev–Trinajstić information content (AvgIpc) is 2.96. The van der Waals surface area contributed by atoms with Gasteiger partial charge in [-0.1, -0.05) is 35.5 Å². The third kappa shape index (κ3) is 3.01. The number of aromatic nitrogens is 2. The molecule has 0 aliphatic carbocycles. The molecule has 1 fully saturated rings. The van der Waals surface area contributed by atoms with Crippen LogP contribution in [-0.2, 0) is 6.42 Å². The summed E-state index contributed by atoms with van der Waals surface area (Å²) in [6, 6.07) is 10.7. The van der Waals surface area contributed by atoms with Gasteiger partial charge in [-0.3, -0.25) is 9.69 Å². The van der Waals surface area contributed by atoms with Crippen LogP contribution in [-0.4, -0.2) is 58.7 Å². The van der Waals surface area contributed by atoms with Gasteiger partial charge in [-0.05, 0) is 31.1 Å². The summed E-state index contributed by atoms with van der Waals surface area (Å²) < 4.78 is 4.64. The standard InChI is InChI=1S/C16H20N4O2/c1-12-15(18-22-17-12)16(21)20-9-8-19(2)14(11-20)10-13-6-4-3-5-7-13/h3-7,14H,8-11H2,1-2H3. The molecule has 0 spiro atoms. The maximum atomic E-state index is 12.5. The molecule has 6 heteroatoms. The largest absolute Gasteiger partial charge is 0.334 e. The van der Waals surface area contributed by atoms with E-state index in [-0.39, 0.29) is 5.91 Å². The monoisotopic (exact) mass is 300 g/mol. The number of hydrogen-bond acceptors (Lipinski definition) is 5. The number of rotatable bonds is 3. The summed E-state index contributed by atoms with van der Waals surface area (Å²) in [4.78, 5) is 16.7. The summed E-state index contributed by atoms with van der Waals surface area (Å²) >= 11 is 0. The predicted octanol–water partition coefficient (Wildman–Crippen LogP) is 1.38. The summed E-state index contributed by atoms with van der Waals surface area (Å²) in [6.07, 6.45) is 0.928. The predicted molar refractivity (Wildman–Crippen MR) is 81.5 cm³/mol. The lowest BCUT2D eigenvalue weighted by atomic mass is 10.0. The lowest BCUT2D eigenvalue weighted by Gasteiger charge is -2.39. The van der Waals surface area contributed by atoms with Crippen molar-refractivity contribution in [1.82, 2.24) is 20.1 Å². The van der Waals surface area contributed by atoms with E-state index in [1.807, 2.05) is 23.1 Å². The Morgan fingerprint density at radius 3 is 2.73 bits per heavy atom. The van der Waals surface area contributed by atoms with E-state index >= 15 is 0 Å². The van der Waals surface area contributed by atoms with Crippen LogP contribution < -0.4 is 0 Å². The summed E-state index contributed by atoms with van der Waals surface area (Å²) in [6.45, 7) is 3.98. The Morgan fingerprint density at radius 2 is 2.05 bits per heavy atom. The molecular formula is C16H20N4O2. The lowest BCUT2D eigenvalue weighted by Crippen LogP contribution is -2.54. The molecule has 0 N–H and O–H groups in total. The molecule has 2 heterocycles. The number of benzene rings is 1. The van der Waals surface area contributed by atoms with Gasteiger partial charge in [0.15, 0.2) is 5.69 Å². The Kier molecular flexibility index (Phi) is 4.20. The highest BCUT2D eigenvalue weighted by atomic mass is 16.6. The van der Waals surface area contributed by atoms with Gasteiger partial charge in [0.25, 0.3) is 5.91 Å². The van der Waals surface area contributed by atoms with Crippen molar-refractivity contribution in [3.05, 3.63) is 47.3 Å². The molecule has 116 valence electrons. The zero-order valence-corrected chi connectivity index (χ0v) is 12.9. The Morgan fingerprint density at radius 1 is 1.27 bits per heavy atom. The number of nitrogens with zero attached hydrogens (tertiary/aromatic N) is 4. The number of likely N-dealkylation sites (N-methyl/N-ethyl adjacent to an activating group) is 1. The molecule has 1 aromatic heterocycles. The van der Waals surface area contributed by atoms with Crippen LogP contribution in [0.1, 0.15) is 21.7 Å². The molecule has 0 saturated carbocycles. The van der Waals surface area contributed by atoms with Crippen LogP contribution >= 0.6 is 0 Å². The van der Waals surface area contributed by atoms with E-state index in [1.54, 1.807) is 6.92 Å². The number of amides is 1. The van der Waals surface area contributed by atoms with E-state index in [2.05, 4.69) is 39.0 Å². The number of carbonyl (C=O) groups excluding carboxylic acids is 1. The third-order valence-electron chi connectivity index (χ3n) is 4.23. The molecular weight excluding hydrogens is 280 g/mol. The third-order valence-corrected chi connectivity index (χ3v) is 4.23. The minimum atomic E-state index is -0.0927. The van der Waals surface area contributed by atoms with Crippen molar-refractivity contribution in [1.29, 1.82) is 0 Å². The van der Waals surface area contributed by atoms with Crippen molar-refractivity contribution in [3.8, 4) is 0 Å². The van der Waals surface area contributed by atoms with Gasteiger partial charge in [-0.15, -0.1) is 0 Å². The van der Waals surface area contributed by atoms with Crippen LogP contribution in [0.3, 0.4) is 0 Å². The minimum absolute atomic E-state index is 0.0927. The molecule has 1 amide bonds. The first-order valence-corrected chi connectivity index (χ1v) is 7.47. The number of piperazine rings is 1. The zero-order chi connectivity index (χ0) is 15.5.